The number of hydrogen-bond donors (Lipinski definition) is 1. The summed E-state index contributed by atoms with van der Waals surface area (Å²) in [6.45, 7) is 5.85. The van der Waals surface area contributed by atoms with Gasteiger partial charge in [0.15, 0.2) is 5.82 Å². The van der Waals surface area contributed by atoms with Crippen molar-refractivity contribution in [2.45, 2.75) is 70.8 Å². The average Bonchev–Trinajstić information content (AvgIpc) is 2.97. The van der Waals surface area contributed by atoms with Gasteiger partial charge in [0.2, 0.25) is 0 Å². The minimum Gasteiger partial charge on any atom is -0.370 e. The fourth-order valence-electron chi connectivity index (χ4n) is 3.78. The first-order chi connectivity index (χ1) is 10.3. The van der Waals surface area contributed by atoms with Crippen LogP contribution >= 0.6 is 0 Å². The smallest absolute Gasteiger partial charge is 0.162 e. The molecule has 0 unspecified atom stereocenters. The first kappa shape index (κ1) is 14.8. The number of rotatable bonds is 5. The number of fused-ring (bicyclic) bond motifs is 1. The van der Waals surface area contributed by atoms with Crippen molar-refractivity contribution in [2.24, 2.45) is 0 Å². The van der Waals surface area contributed by atoms with E-state index in [9.17, 15) is 0 Å². The standard InChI is InChI=1S/C17H27N3O/c1-3-18-15-13-9-8-10-14(13)19-16(20-15)17(21-4-2)11-6-5-7-12-17/h3-12H2,1-2H3,(H,18,19,20). The van der Waals surface area contributed by atoms with E-state index in [1.165, 1.54) is 36.9 Å². The van der Waals surface area contributed by atoms with Crippen molar-refractivity contribution in [2.75, 3.05) is 18.5 Å². The third kappa shape index (κ3) is 2.78. The van der Waals surface area contributed by atoms with Gasteiger partial charge in [0, 0.05) is 24.4 Å². The first-order valence-electron chi connectivity index (χ1n) is 8.57. The van der Waals surface area contributed by atoms with E-state index < -0.39 is 0 Å². The van der Waals surface area contributed by atoms with Crippen LogP contribution in [0.2, 0.25) is 0 Å². The fraction of sp³-hybridized carbons (Fsp3) is 0.765. The van der Waals surface area contributed by atoms with Crippen LogP contribution in [0.5, 0.6) is 0 Å². The molecule has 2 aliphatic carbocycles. The Bertz CT molecular complexity index is 490. The fourth-order valence-corrected chi connectivity index (χ4v) is 3.78. The molecule has 116 valence electrons. The van der Waals surface area contributed by atoms with Crippen LogP contribution in [0.3, 0.4) is 0 Å². The largest absolute Gasteiger partial charge is 0.370 e. The molecule has 4 nitrogen and oxygen atoms in total. The number of nitrogens with zero attached hydrogens (tertiary/aromatic N) is 2. The Morgan fingerprint density at radius 1 is 1.05 bits per heavy atom. The highest BCUT2D eigenvalue weighted by molar-refractivity contribution is 5.49. The Hall–Kier alpha value is -1.16. The summed E-state index contributed by atoms with van der Waals surface area (Å²) in [7, 11) is 0. The van der Waals surface area contributed by atoms with Gasteiger partial charge in [0.1, 0.15) is 11.4 Å². The van der Waals surface area contributed by atoms with Crippen LogP contribution in [0.15, 0.2) is 0 Å². The zero-order valence-corrected chi connectivity index (χ0v) is 13.4. The van der Waals surface area contributed by atoms with E-state index in [1.54, 1.807) is 0 Å². The van der Waals surface area contributed by atoms with Gasteiger partial charge in [0.05, 0.1) is 0 Å². The van der Waals surface area contributed by atoms with Crippen LogP contribution in [0, 0.1) is 0 Å². The number of ether oxygens (including phenoxy) is 1. The lowest BCUT2D eigenvalue weighted by Crippen LogP contribution is -2.35. The molecule has 0 aliphatic heterocycles. The van der Waals surface area contributed by atoms with Gasteiger partial charge in [-0.3, -0.25) is 0 Å². The van der Waals surface area contributed by atoms with E-state index in [2.05, 4.69) is 19.2 Å². The van der Waals surface area contributed by atoms with Gasteiger partial charge in [0.25, 0.3) is 0 Å². The van der Waals surface area contributed by atoms with Crippen molar-refractivity contribution >= 4 is 5.82 Å². The van der Waals surface area contributed by atoms with E-state index in [-0.39, 0.29) is 5.60 Å². The zero-order chi connectivity index (χ0) is 14.7. The van der Waals surface area contributed by atoms with Crippen molar-refractivity contribution in [3.05, 3.63) is 17.1 Å². The van der Waals surface area contributed by atoms with Crippen molar-refractivity contribution in [3.8, 4) is 0 Å². The molecule has 21 heavy (non-hydrogen) atoms. The molecule has 1 heterocycles. The number of hydrogen-bond acceptors (Lipinski definition) is 4. The molecule has 3 rings (SSSR count). The maximum Gasteiger partial charge on any atom is 0.162 e. The SMILES string of the molecule is CCNc1nc(C2(OCC)CCCCC2)nc2c1CCC2. The molecule has 1 aromatic rings. The minimum absolute atomic E-state index is 0.241. The van der Waals surface area contributed by atoms with E-state index in [0.717, 1.165) is 50.5 Å². The van der Waals surface area contributed by atoms with Crippen LogP contribution in [-0.2, 0) is 23.2 Å². The molecule has 1 N–H and O–H groups in total. The molecule has 1 saturated carbocycles. The monoisotopic (exact) mass is 289 g/mol. The lowest BCUT2D eigenvalue weighted by atomic mass is 9.83. The van der Waals surface area contributed by atoms with Crippen LogP contribution in [-0.4, -0.2) is 23.1 Å². The molecule has 0 bridgehead atoms. The Balaban J connectivity index is 2.01. The maximum absolute atomic E-state index is 6.20. The summed E-state index contributed by atoms with van der Waals surface area (Å²) < 4.78 is 6.20. The summed E-state index contributed by atoms with van der Waals surface area (Å²) in [5, 5.41) is 3.44. The lowest BCUT2D eigenvalue weighted by molar-refractivity contribution is -0.0767. The molecule has 0 aromatic carbocycles. The van der Waals surface area contributed by atoms with Crippen LogP contribution in [0.25, 0.3) is 0 Å². The van der Waals surface area contributed by atoms with Crippen molar-refractivity contribution in [1.82, 2.24) is 9.97 Å². The van der Waals surface area contributed by atoms with Gasteiger partial charge >= 0.3 is 0 Å². The molecule has 1 fully saturated rings. The molecule has 0 spiro atoms. The molecule has 0 atom stereocenters. The van der Waals surface area contributed by atoms with Gasteiger partial charge in [-0.25, -0.2) is 9.97 Å². The van der Waals surface area contributed by atoms with E-state index in [1.807, 2.05) is 0 Å². The average molecular weight is 289 g/mol. The van der Waals surface area contributed by atoms with E-state index in [4.69, 9.17) is 14.7 Å². The van der Waals surface area contributed by atoms with E-state index in [0.29, 0.717) is 0 Å². The Kier molecular flexibility index (Phi) is 4.43. The van der Waals surface area contributed by atoms with E-state index >= 15 is 0 Å². The Morgan fingerprint density at radius 3 is 2.57 bits per heavy atom. The third-order valence-electron chi connectivity index (χ3n) is 4.77. The molecule has 2 aliphatic rings. The molecule has 0 amide bonds. The maximum atomic E-state index is 6.20. The molecule has 0 radical (unpaired) electrons. The van der Waals surface area contributed by atoms with Gasteiger partial charge in [-0.2, -0.15) is 0 Å². The quantitative estimate of drug-likeness (QED) is 0.900. The highest BCUT2D eigenvalue weighted by Crippen LogP contribution is 2.40. The molecular weight excluding hydrogens is 262 g/mol. The Labute approximate surface area is 127 Å². The third-order valence-corrected chi connectivity index (χ3v) is 4.77. The highest BCUT2D eigenvalue weighted by atomic mass is 16.5. The van der Waals surface area contributed by atoms with Gasteiger partial charge in [-0.15, -0.1) is 0 Å². The number of nitrogens with one attached hydrogen (secondary N) is 1. The number of anilines is 1. The number of aryl methyl sites for hydroxylation is 1. The summed E-state index contributed by atoms with van der Waals surface area (Å²) in [5.74, 6) is 1.99. The predicted octanol–water partition coefficient (Wildman–Crippen LogP) is 3.59. The van der Waals surface area contributed by atoms with Crippen molar-refractivity contribution in [1.29, 1.82) is 0 Å². The molecule has 0 saturated heterocycles. The van der Waals surface area contributed by atoms with Crippen molar-refractivity contribution in [3.63, 3.8) is 0 Å². The van der Waals surface area contributed by atoms with Crippen LogP contribution in [0.1, 0.15) is 69.5 Å². The van der Waals surface area contributed by atoms with Crippen molar-refractivity contribution < 1.29 is 4.74 Å². The highest BCUT2D eigenvalue weighted by Gasteiger charge is 2.38. The second-order valence-corrected chi connectivity index (χ2v) is 6.19. The summed E-state index contributed by atoms with van der Waals surface area (Å²) in [4.78, 5) is 9.84. The normalized spacial score (nSPS) is 20.3. The van der Waals surface area contributed by atoms with Gasteiger partial charge in [-0.1, -0.05) is 19.3 Å². The summed E-state index contributed by atoms with van der Waals surface area (Å²) in [6.07, 6.45) is 9.27. The summed E-state index contributed by atoms with van der Waals surface area (Å²) >= 11 is 0. The summed E-state index contributed by atoms with van der Waals surface area (Å²) in [6, 6.07) is 0. The first-order valence-corrected chi connectivity index (χ1v) is 8.57. The molecule has 4 heteroatoms. The molecule has 1 aromatic heterocycles. The topological polar surface area (TPSA) is 47.0 Å². The zero-order valence-electron chi connectivity index (χ0n) is 13.4. The number of aromatic nitrogens is 2. The summed E-state index contributed by atoms with van der Waals surface area (Å²) in [5.41, 5.74) is 2.35. The van der Waals surface area contributed by atoms with Gasteiger partial charge in [-0.05, 0) is 46.0 Å². The minimum atomic E-state index is -0.241. The van der Waals surface area contributed by atoms with Crippen LogP contribution in [0.4, 0.5) is 5.82 Å². The molecular formula is C17H27N3O. The Morgan fingerprint density at radius 2 is 1.86 bits per heavy atom. The second-order valence-electron chi connectivity index (χ2n) is 6.19. The predicted molar refractivity (Wildman–Crippen MR) is 84.6 cm³/mol. The van der Waals surface area contributed by atoms with Crippen LogP contribution < -0.4 is 5.32 Å². The lowest BCUT2D eigenvalue weighted by Gasteiger charge is -2.36. The second kappa shape index (κ2) is 6.30. The van der Waals surface area contributed by atoms with Gasteiger partial charge < -0.3 is 10.1 Å².